The second-order valence-electron chi connectivity index (χ2n) is 5.29. The third-order valence-electron chi connectivity index (χ3n) is 3.57. The zero-order valence-corrected chi connectivity index (χ0v) is 14.3. The van der Waals surface area contributed by atoms with Crippen molar-refractivity contribution in [1.29, 1.82) is 0 Å². The van der Waals surface area contributed by atoms with Crippen LogP contribution in [0.2, 0.25) is 5.02 Å². The highest BCUT2D eigenvalue weighted by Crippen LogP contribution is 2.38. The van der Waals surface area contributed by atoms with E-state index in [4.69, 9.17) is 26.8 Å². The number of fused-ring (bicyclic) bond motifs is 1. The van der Waals surface area contributed by atoms with E-state index in [-0.39, 0.29) is 30.3 Å². The van der Waals surface area contributed by atoms with Crippen LogP contribution in [0.15, 0.2) is 12.1 Å². The number of benzene rings is 1. The van der Waals surface area contributed by atoms with Crippen molar-refractivity contribution in [2.24, 2.45) is 11.7 Å². The summed E-state index contributed by atoms with van der Waals surface area (Å²) in [7, 11) is 0. The van der Waals surface area contributed by atoms with Gasteiger partial charge in [0.05, 0.1) is 5.02 Å². The van der Waals surface area contributed by atoms with E-state index in [2.05, 4.69) is 5.32 Å². The van der Waals surface area contributed by atoms with E-state index in [9.17, 15) is 4.79 Å². The van der Waals surface area contributed by atoms with Crippen LogP contribution in [0.5, 0.6) is 11.5 Å². The summed E-state index contributed by atoms with van der Waals surface area (Å²) >= 11 is 6.17. The summed E-state index contributed by atoms with van der Waals surface area (Å²) in [5, 5.41) is 3.42. The molecule has 3 N–H and O–H groups in total. The third kappa shape index (κ3) is 4.66. The van der Waals surface area contributed by atoms with E-state index in [1.54, 1.807) is 0 Å². The van der Waals surface area contributed by atoms with Crippen molar-refractivity contribution in [2.75, 3.05) is 19.8 Å². The Morgan fingerprint density at radius 2 is 2.05 bits per heavy atom. The molecule has 0 saturated heterocycles. The minimum atomic E-state index is -0.200. The van der Waals surface area contributed by atoms with Crippen molar-refractivity contribution in [1.82, 2.24) is 5.32 Å². The molecule has 124 valence electrons. The lowest BCUT2D eigenvalue weighted by molar-refractivity contribution is -0.124. The number of nitrogens with two attached hydrogens (primary N) is 1. The van der Waals surface area contributed by atoms with Gasteiger partial charge in [-0.1, -0.05) is 18.5 Å². The maximum atomic E-state index is 11.8. The number of nitrogens with one attached hydrogen (secondary N) is 1. The molecule has 1 heterocycles. The summed E-state index contributed by atoms with van der Waals surface area (Å²) in [4.78, 5) is 11.8. The number of halogens is 2. The molecule has 7 heteroatoms. The van der Waals surface area contributed by atoms with Crippen molar-refractivity contribution in [2.45, 2.75) is 26.3 Å². The van der Waals surface area contributed by atoms with Crippen LogP contribution >= 0.6 is 24.0 Å². The van der Waals surface area contributed by atoms with Crippen molar-refractivity contribution >= 4 is 29.9 Å². The van der Waals surface area contributed by atoms with Gasteiger partial charge in [0.25, 0.3) is 0 Å². The molecule has 0 radical (unpaired) electrons. The van der Waals surface area contributed by atoms with E-state index in [1.165, 1.54) is 0 Å². The van der Waals surface area contributed by atoms with E-state index in [1.807, 2.05) is 26.0 Å². The molecule has 22 heavy (non-hydrogen) atoms. The highest BCUT2D eigenvalue weighted by molar-refractivity contribution is 6.32. The van der Waals surface area contributed by atoms with Crippen LogP contribution in [-0.4, -0.2) is 31.7 Å². The van der Waals surface area contributed by atoms with Gasteiger partial charge in [0.1, 0.15) is 13.2 Å². The van der Waals surface area contributed by atoms with Gasteiger partial charge >= 0.3 is 0 Å². The predicted octanol–water partition coefficient (Wildman–Crippen LogP) is 2.18. The van der Waals surface area contributed by atoms with Crippen LogP contribution < -0.4 is 20.5 Å². The zero-order chi connectivity index (χ0) is 15.4. The Labute approximate surface area is 141 Å². The molecule has 1 amide bonds. The lowest BCUT2D eigenvalue weighted by Crippen LogP contribution is -2.39. The Hall–Kier alpha value is -1.17. The first kappa shape index (κ1) is 18.9. The highest BCUT2D eigenvalue weighted by atomic mass is 35.5. The smallest absolute Gasteiger partial charge is 0.224 e. The highest BCUT2D eigenvalue weighted by Gasteiger charge is 2.18. The van der Waals surface area contributed by atoms with Crippen molar-refractivity contribution in [3.8, 4) is 11.5 Å². The third-order valence-corrected chi connectivity index (χ3v) is 3.85. The summed E-state index contributed by atoms with van der Waals surface area (Å²) in [6, 6.07) is 3.59. The number of hydrogen-bond acceptors (Lipinski definition) is 4. The molecule has 5 nitrogen and oxygen atoms in total. The van der Waals surface area contributed by atoms with Gasteiger partial charge < -0.3 is 20.5 Å². The Bertz CT molecular complexity index is 524. The van der Waals surface area contributed by atoms with E-state index in [0.717, 1.165) is 5.56 Å². The summed E-state index contributed by atoms with van der Waals surface area (Å²) in [5.41, 5.74) is 6.71. The topological polar surface area (TPSA) is 73.6 Å². The first-order chi connectivity index (χ1) is 9.99. The normalized spacial score (nSPS) is 15.5. The van der Waals surface area contributed by atoms with Gasteiger partial charge in [-0.15, -0.1) is 12.4 Å². The van der Waals surface area contributed by atoms with E-state index >= 15 is 0 Å². The largest absolute Gasteiger partial charge is 0.486 e. The Balaban J connectivity index is 0.00000242. The molecule has 1 aromatic rings. The van der Waals surface area contributed by atoms with Crippen LogP contribution in [0.1, 0.15) is 19.4 Å². The maximum absolute atomic E-state index is 11.8. The first-order valence-electron chi connectivity index (χ1n) is 7.10. The van der Waals surface area contributed by atoms with Crippen molar-refractivity contribution in [3.05, 3.63) is 22.7 Å². The summed E-state index contributed by atoms with van der Waals surface area (Å²) < 4.78 is 11.0. The van der Waals surface area contributed by atoms with Crippen LogP contribution in [0.4, 0.5) is 0 Å². The van der Waals surface area contributed by atoms with Gasteiger partial charge in [-0.25, -0.2) is 0 Å². The second-order valence-corrected chi connectivity index (χ2v) is 5.70. The molecule has 1 aromatic carbocycles. The number of carbonyl (C=O) groups is 1. The average Bonchev–Trinajstić information content (AvgIpc) is 2.46. The van der Waals surface area contributed by atoms with Gasteiger partial charge in [0, 0.05) is 18.5 Å². The fourth-order valence-electron chi connectivity index (χ4n) is 2.04. The standard InChI is InChI=1S/C15H21ClN2O3.ClH/c1-9(10(2)17)15(19)18-4-3-11-7-12(16)14-13(8-11)20-5-6-21-14;/h7-10H,3-6,17H2,1-2H3,(H,18,19);1H. The monoisotopic (exact) mass is 348 g/mol. The number of carbonyl (C=O) groups excluding carboxylic acids is 1. The molecule has 1 aliphatic heterocycles. The number of amides is 1. The molecule has 2 unspecified atom stereocenters. The lowest BCUT2D eigenvalue weighted by atomic mass is 10.0. The maximum Gasteiger partial charge on any atom is 0.224 e. The van der Waals surface area contributed by atoms with Crippen LogP contribution in [0, 0.1) is 5.92 Å². The van der Waals surface area contributed by atoms with Gasteiger partial charge in [0.2, 0.25) is 5.91 Å². The van der Waals surface area contributed by atoms with E-state index < -0.39 is 0 Å². The number of ether oxygens (including phenoxy) is 2. The Morgan fingerprint density at radius 1 is 1.36 bits per heavy atom. The Morgan fingerprint density at radius 3 is 2.73 bits per heavy atom. The van der Waals surface area contributed by atoms with E-state index in [0.29, 0.717) is 42.7 Å². The van der Waals surface area contributed by atoms with Gasteiger partial charge in [0.15, 0.2) is 11.5 Å². The Kier molecular flexibility index (Phi) is 7.26. The second kappa shape index (κ2) is 8.46. The molecule has 2 rings (SSSR count). The molecule has 0 fully saturated rings. The fourth-order valence-corrected chi connectivity index (χ4v) is 2.33. The average molecular weight is 349 g/mol. The molecule has 1 aliphatic rings. The van der Waals surface area contributed by atoms with Crippen LogP contribution in [-0.2, 0) is 11.2 Å². The van der Waals surface area contributed by atoms with Crippen molar-refractivity contribution < 1.29 is 14.3 Å². The molecule has 0 saturated carbocycles. The molecular weight excluding hydrogens is 327 g/mol. The zero-order valence-electron chi connectivity index (χ0n) is 12.7. The SMILES string of the molecule is CC(N)C(C)C(=O)NCCc1cc(Cl)c2c(c1)OCCO2.Cl. The summed E-state index contributed by atoms with van der Waals surface area (Å²) in [5.74, 6) is 1.03. The predicted molar refractivity (Wildman–Crippen MR) is 89.2 cm³/mol. The molecular formula is C15H22Cl2N2O3. The first-order valence-corrected chi connectivity index (χ1v) is 7.48. The minimum Gasteiger partial charge on any atom is -0.486 e. The number of hydrogen-bond donors (Lipinski definition) is 2. The van der Waals surface area contributed by atoms with Crippen molar-refractivity contribution in [3.63, 3.8) is 0 Å². The fraction of sp³-hybridized carbons (Fsp3) is 0.533. The van der Waals surface area contributed by atoms with Gasteiger partial charge in [-0.05, 0) is 31.0 Å². The molecule has 0 aliphatic carbocycles. The molecule has 0 aromatic heterocycles. The molecule has 2 atom stereocenters. The number of rotatable bonds is 5. The minimum absolute atomic E-state index is 0. The van der Waals surface area contributed by atoms with Gasteiger partial charge in [-0.3, -0.25) is 4.79 Å². The summed E-state index contributed by atoms with van der Waals surface area (Å²) in [6.45, 7) is 5.21. The molecule has 0 bridgehead atoms. The summed E-state index contributed by atoms with van der Waals surface area (Å²) in [6.07, 6.45) is 0.674. The van der Waals surface area contributed by atoms with Crippen LogP contribution in [0.3, 0.4) is 0 Å². The van der Waals surface area contributed by atoms with Crippen LogP contribution in [0.25, 0.3) is 0 Å². The van der Waals surface area contributed by atoms with Gasteiger partial charge in [-0.2, -0.15) is 0 Å². The lowest BCUT2D eigenvalue weighted by Gasteiger charge is -2.20. The quantitative estimate of drug-likeness (QED) is 0.855. The molecule has 0 spiro atoms.